The van der Waals surface area contributed by atoms with Gasteiger partial charge >= 0.3 is 5.97 Å². The van der Waals surface area contributed by atoms with Gasteiger partial charge in [0.25, 0.3) is 0 Å². The van der Waals surface area contributed by atoms with Gasteiger partial charge < -0.3 is 10.4 Å². The molecule has 0 radical (unpaired) electrons. The molecule has 0 aromatic heterocycles. The predicted molar refractivity (Wildman–Crippen MR) is 78.9 cm³/mol. The summed E-state index contributed by atoms with van der Waals surface area (Å²) in [5.41, 5.74) is 2.59. The fourth-order valence-electron chi connectivity index (χ4n) is 3.71. The number of hydrogen-bond acceptors (Lipinski definition) is 2. The largest absolute Gasteiger partial charge is 0.481 e. The molecule has 0 bridgehead atoms. The van der Waals surface area contributed by atoms with Crippen LogP contribution in [-0.2, 0) is 22.4 Å². The molecule has 1 aromatic carbocycles. The summed E-state index contributed by atoms with van der Waals surface area (Å²) in [6, 6.07) is 8.35. The molecule has 0 heterocycles. The second kappa shape index (κ2) is 5.88. The van der Waals surface area contributed by atoms with Crippen molar-refractivity contribution >= 4 is 11.9 Å². The second-order valence-corrected chi connectivity index (χ2v) is 6.22. The van der Waals surface area contributed by atoms with Gasteiger partial charge in [-0.3, -0.25) is 9.59 Å². The highest BCUT2D eigenvalue weighted by atomic mass is 16.4. The average Bonchev–Trinajstić information content (AvgIpc) is 2.89. The third-order valence-corrected chi connectivity index (χ3v) is 4.82. The van der Waals surface area contributed by atoms with E-state index in [1.54, 1.807) is 0 Å². The molecule has 2 aliphatic carbocycles. The van der Waals surface area contributed by atoms with Crippen molar-refractivity contribution in [3.63, 3.8) is 0 Å². The molecule has 0 spiro atoms. The van der Waals surface area contributed by atoms with Crippen LogP contribution in [0, 0.1) is 11.8 Å². The third kappa shape index (κ3) is 2.94. The first-order valence-electron chi connectivity index (χ1n) is 7.75. The SMILES string of the molecule is O=C(O)[C@H]1CCCC[C@H]1C(=O)NC1Cc2ccccc2C1. The van der Waals surface area contributed by atoms with Crippen molar-refractivity contribution in [1.82, 2.24) is 5.32 Å². The molecule has 4 heteroatoms. The van der Waals surface area contributed by atoms with Crippen molar-refractivity contribution in [2.24, 2.45) is 11.8 Å². The monoisotopic (exact) mass is 287 g/mol. The number of carboxylic acids is 1. The Kier molecular flexibility index (Phi) is 3.95. The number of carbonyl (C=O) groups excluding carboxylic acids is 1. The normalized spacial score (nSPS) is 25.3. The summed E-state index contributed by atoms with van der Waals surface area (Å²) < 4.78 is 0. The summed E-state index contributed by atoms with van der Waals surface area (Å²) in [5, 5.41) is 12.4. The number of aliphatic carboxylic acids is 1. The van der Waals surface area contributed by atoms with E-state index in [9.17, 15) is 14.7 Å². The highest BCUT2D eigenvalue weighted by Gasteiger charge is 2.36. The summed E-state index contributed by atoms with van der Waals surface area (Å²) >= 11 is 0. The quantitative estimate of drug-likeness (QED) is 0.895. The van der Waals surface area contributed by atoms with Crippen LogP contribution in [0.1, 0.15) is 36.8 Å². The third-order valence-electron chi connectivity index (χ3n) is 4.82. The van der Waals surface area contributed by atoms with E-state index >= 15 is 0 Å². The van der Waals surface area contributed by atoms with Gasteiger partial charge in [-0.25, -0.2) is 0 Å². The minimum Gasteiger partial charge on any atom is -0.481 e. The molecule has 1 amide bonds. The van der Waals surface area contributed by atoms with Gasteiger partial charge in [0, 0.05) is 6.04 Å². The number of carboxylic acid groups (broad SMARTS) is 1. The van der Waals surface area contributed by atoms with E-state index in [1.807, 2.05) is 12.1 Å². The average molecular weight is 287 g/mol. The fraction of sp³-hybridized carbons (Fsp3) is 0.529. The molecule has 2 N–H and O–H groups in total. The first-order chi connectivity index (χ1) is 10.1. The van der Waals surface area contributed by atoms with E-state index in [0.29, 0.717) is 12.8 Å². The zero-order chi connectivity index (χ0) is 14.8. The number of nitrogens with one attached hydrogen (secondary N) is 1. The van der Waals surface area contributed by atoms with Crippen molar-refractivity contribution in [1.29, 1.82) is 0 Å². The number of fused-ring (bicyclic) bond motifs is 1. The van der Waals surface area contributed by atoms with E-state index < -0.39 is 11.9 Å². The lowest BCUT2D eigenvalue weighted by Crippen LogP contribution is -2.44. The molecule has 1 fully saturated rings. The van der Waals surface area contributed by atoms with Gasteiger partial charge in [-0.05, 0) is 36.8 Å². The minimum atomic E-state index is -0.829. The van der Waals surface area contributed by atoms with E-state index in [1.165, 1.54) is 11.1 Å². The molecular weight excluding hydrogens is 266 g/mol. The zero-order valence-electron chi connectivity index (χ0n) is 12.0. The van der Waals surface area contributed by atoms with Gasteiger partial charge in [0.15, 0.2) is 0 Å². The molecular formula is C17H21NO3. The lowest BCUT2D eigenvalue weighted by Gasteiger charge is -2.28. The Morgan fingerprint density at radius 3 is 2.14 bits per heavy atom. The van der Waals surface area contributed by atoms with E-state index in [4.69, 9.17) is 0 Å². The molecule has 3 rings (SSSR count). The van der Waals surface area contributed by atoms with Gasteiger partial charge in [0.2, 0.25) is 5.91 Å². The Morgan fingerprint density at radius 1 is 1.00 bits per heavy atom. The summed E-state index contributed by atoms with van der Waals surface area (Å²) in [7, 11) is 0. The number of carbonyl (C=O) groups is 2. The topological polar surface area (TPSA) is 66.4 Å². The molecule has 112 valence electrons. The molecule has 0 aliphatic heterocycles. The van der Waals surface area contributed by atoms with Crippen molar-refractivity contribution in [2.75, 3.05) is 0 Å². The first-order valence-corrected chi connectivity index (χ1v) is 7.75. The van der Waals surface area contributed by atoms with E-state index in [0.717, 1.165) is 25.7 Å². The fourth-order valence-corrected chi connectivity index (χ4v) is 3.71. The molecule has 1 aromatic rings. The van der Waals surface area contributed by atoms with Crippen molar-refractivity contribution in [3.8, 4) is 0 Å². The van der Waals surface area contributed by atoms with Crippen LogP contribution in [0.25, 0.3) is 0 Å². The highest BCUT2D eigenvalue weighted by molar-refractivity contribution is 5.85. The Bertz CT molecular complexity index is 530. The summed E-state index contributed by atoms with van der Waals surface area (Å²) in [4.78, 5) is 23.8. The zero-order valence-corrected chi connectivity index (χ0v) is 12.0. The molecule has 21 heavy (non-hydrogen) atoms. The van der Waals surface area contributed by atoms with Crippen LogP contribution in [-0.4, -0.2) is 23.0 Å². The van der Waals surface area contributed by atoms with E-state index in [-0.39, 0.29) is 17.9 Å². The van der Waals surface area contributed by atoms with Crippen LogP contribution >= 0.6 is 0 Å². The molecule has 2 atom stereocenters. The number of rotatable bonds is 3. The summed E-state index contributed by atoms with van der Waals surface area (Å²) in [5.74, 6) is -1.77. The minimum absolute atomic E-state index is 0.0695. The van der Waals surface area contributed by atoms with Crippen LogP contribution in [0.5, 0.6) is 0 Å². The van der Waals surface area contributed by atoms with Crippen molar-refractivity contribution in [3.05, 3.63) is 35.4 Å². The Balaban J connectivity index is 1.63. The van der Waals surface area contributed by atoms with Gasteiger partial charge in [-0.2, -0.15) is 0 Å². The van der Waals surface area contributed by atoms with Gasteiger partial charge in [-0.1, -0.05) is 37.1 Å². The number of amides is 1. The van der Waals surface area contributed by atoms with Crippen molar-refractivity contribution < 1.29 is 14.7 Å². The lowest BCUT2D eigenvalue weighted by molar-refractivity contribution is -0.149. The molecule has 4 nitrogen and oxygen atoms in total. The smallest absolute Gasteiger partial charge is 0.307 e. The maximum Gasteiger partial charge on any atom is 0.307 e. The van der Waals surface area contributed by atoms with Crippen LogP contribution in [0.15, 0.2) is 24.3 Å². The van der Waals surface area contributed by atoms with E-state index in [2.05, 4.69) is 17.4 Å². The van der Waals surface area contributed by atoms with Gasteiger partial charge in [0.1, 0.15) is 0 Å². The predicted octanol–water partition coefficient (Wildman–Crippen LogP) is 2.16. The van der Waals surface area contributed by atoms with Crippen molar-refractivity contribution in [2.45, 2.75) is 44.6 Å². The standard InChI is InChI=1S/C17H21NO3/c19-16(14-7-3-4-8-15(14)17(20)21)18-13-9-11-5-1-2-6-12(11)10-13/h1-2,5-6,13-15H,3-4,7-10H2,(H,18,19)(H,20,21)/t14-,15+/m1/s1. The lowest BCUT2D eigenvalue weighted by atomic mass is 9.78. The summed E-state index contributed by atoms with van der Waals surface area (Å²) in [6.45, 7) is 0. The Morgan fingerprint density at radius 2 is 1.57 bits per heavy atom. The summed E-state index contributed by atoms with van der Waals surface area (Å²) in [6.07, 6.45) is 4.89. The van der Waals surface area contributed by atoms with Crippen LogP contribution in [0.3, 0.4) is 0 Å². The maximum absolute atomic E-state index is 12.4. The Hall–Kier alpha value is -1.84. The molecule has 2 aliphatic rings. The second-order valence-electron chi connectivity index (χ2n) is 6.22. The number of hydrogen-bond donors (Lipinski definition) is 2. The molecule has 1 saturated carbocycles. The molecule has 0 saturated heterocycles. The van der Waals surface area contributed by atoms with Crippen LogP contribution in [0.4, 0.5) is 0 Å². The van der Waals surface area contributed by atoms with Crippen LogP contribution < -0.4 is 5.32 Å². The molecule has 0 unspecified atom stereocenters. The highest BCUT2D eigenvalue weighted by Crippen LogP contribution is 2.31. The first kappa shape index (κ1) is 14.1. The van der Waals surface area contributed by atoms with Gasteiger partial charge in [-0.15, -0.1) is 0 Å². The number of benzene rings is 1. The van der Waals surface area contributed by atoms with Crippen LogP contribution in [0.2, 0.25) is 0 Å². The maximum atomic E-state index is 12.4. The van der Waals surface area contributed by atoms with Gasteiger partial charge in [0.05, 0.1) is 11.8 Å². The Labute approximate surface area is 124 Å².